The normalized spacial score (nSPS) is 21.5. The Morgan fingerprint density at radius 3 is 2.35 bits per heavy atom. The number of carbonyl (C=O) groups excluding carboxylic acids is 1. The predicted molar refractivity (Wildman–Crippen MR) is 85.1 cm³/mol. The minimum Gasteiger partial charge on any atom is -0.445 e. The third kappa shape index (κ3) is 3.08. The number of carbonyl (C=O) groups is 1. The van der Waals surface area contributed by atoms with Crippen LogP contribution in [0.15, 0.2) is 59.1 Å². The smallest absolute Gasteiger partial charge is 0.408 e. The lowest BCUT2D eigenvalue weighted by atomic mass is 10.0. The summed E-state index contributed by atoms with van der Waals surface area (Å²) >= 11 is 3.26. The zero-order valence-electron chi connectivity index (χ0n) is 12.1. The van der Waals surface area contributed by atoms with E-state index in [-0.39, 0.29) is 6.61 Å². The molecule has 1 saturated carbocycles. The van der Waals surface area contributed by atoms with E-state index in [1.165, 1.54) is 0 Å². The topological polar surface area (TPSA) is 38.3 Å². The summed E-state index contributed by atoms with van der Waals surface area (Å²) in [5, 5.41) is 2.34. The first-order valence-corrected chi connectivity index (χ1v) is 7.86. The largest absolute Gasteiger partial charge is 0.445 e. The molecule has 0 spiro atoms. The monoisotopic (exact) mass is 381 g/mol. The molecule has 0 heterocycles. The maximum Gasteiger partial charge on any atom is 0.408 e. The first-order valence-electron chi connectivity index (χ1n) is 7.06. The molecule has 1 aliphatic carbocycles. The average Bonchev–Trinajstić information content (AvgIpc) is 3.08. The first kappa shape index (κ1) is 15.9. The second-order valence-electron chi connectivity index (χ2n) is 5.45. The first-order chi connectivity index (χ1) is 10.9. The van der Waals surface area contributed by atoms with E-state index >= 15 is 0 Å². The van der Waals surface area contributed by atoms with E-state index in [0.29, 0.717) is 10.0 Å². The summed E-state index contributed by atoms with van der Waals surface area (Å²) < 4.78 is 33.5. The van der Waals surface area contributed by atoms with Crippen LogP contribution < -0.4 is 5.32 Å². The van der Waals surface area contributed by atoms with Gasteiger partial charge in [-0.25, -0.2) is 13.6 Å². The highest BCUT2D eigenvalue weighted by Gasteiger charge is 2.74. The number of hydrogen-bond donors (Lipinski definition) is 1. The van der Waals surface area contributed by atoms with Crippen LogP contribution in [0, 0.1) is 0 Å². The van der Waals surface area contributed by atoms with Crippen molar-refractivity contribution in [2.75, 3.05) is 0 Å². The fourth-order valence-corrected chi connectivity index (χ4v) is 3.15. The maximum absolute atomic E-state index is 13.9. The zero-order chi connectivity index (χ0) is 16.5. The Morgan fingerprint density at radius 1 is 1.13 bits per heavy atom. The molecule has 3 nitrogen and oxygen atoms in total. The fourth-order valence-electron chi connectivity index (χ4n) is 2.52. The van der Waals surface area contributed by atoms with Crippen molar-refractivity contribution in [2.45, 2.75) is 24.5 Å². The number of rotatable bonds is 4. The molecule has 2 aromatic rings. The van der Waals surface area contributed by atoms with Crippen LogP contribution in [-0.4, -0.2) is 12.0 Å². The highest BCUT2D eigenvalue weighted by molar-refractivity contribution is 9.10. The Kier molecular flexibility index (Phi) is 4.10. The van der Waals surface area contributed by atoms with Gasteiger partial charge in [0, 0.05) is 10.9 Å². The van der Waals surface area contributed by atoms with Crippen molar-refractivity contribution >= 4 is 22.0 Å². The van der Waals surface area contributed by atoms with Gasteiger partial charge in [0.2, 0.25) is 0 Å². The van der Waals surface area contributed by atoms with Crippen molar-refractivity contribution in [3.05, 3.63) is 70.2 Å². The summed E-state index contributed by atoms with van der Waals surface area (Å²) in [6.45, 7) is 0.0320. The number of alkyl carbamates (subject to hydrolysis) is 1. The lowest BCUT2D eigenvalue weighted by Gasteiger charge is -2.20. The molecule has 2 aromatic carbocycles. The number of halogens is 3. The summed E-state index contributed by atoms with van der Waals surface area (Å²) in [6.07, 6.45) is -1.30. The molecule has 0 radical (unpaired) electrons. The molecule has 1 amide bonds. The van der Waals surface area contributed by atoms with Gasteiger partial charge in [-0.2, -0.15) is 0 Å². The average molecular weight is 382 g/mol. The molecule has 0 aliphatic heterocycles. The zero-order valence-corrected chi connectivity index (χ0v) is 13.6. The second-order valence-corrected chi connectivity index (χ2v) is 6.31. The van der Waals surface area contributed by atoms with Crippen LogP contribution in [0.3, 0.4) is 0 Å². The van der Waals surface area contributed by atoms with E-state index in [1.807, 2.05) is 18.2 Å². The van der Waals surface area contributed by atoms with Gasteiger partial charge in [-0.15, -0.1) is 0 Å². The maximum atomic E-state index is 13.9. The van der Waals surface area contributed by atoms with Gasteiger partial charge < -0.3 is 10.1 Å². The summed E-state index contributed by atoms with van der Waals surface area (Å²) in [5.74, 6) is -3.00. The summed E-state index contributed by atoms with van der Waals surface area (Å²) in [4.78, 5) is 12.0. The Morgan fingerprint density at radius 2 is 1.74 bits per heavy atom. The molecule has 23 heavy (non-hydrogen) atoms. The SMILES string of the molecule is O=C(NC1(c2ccccc2Br)CC1(F)F)OCc1ccccc1. The molecule has 0 saturated heterocycles. The molecule has 1 unspecified atom stereocenters. The van der Waals surface area contributed by atoms with Crippen LogP contribution >= 0.6 is 15.9 Å². The van der Waals surface area contributed by atoms with Gasteiger partial charge in [0.05, 0.1) is 0 Å². The summed E-state index contributed by atoms with van der Waals surface area (Å²) in [5.41, 5.74) is -0.567. The van der Waals surface area contributed by atoms with Gasteiger partial charge in [-0.3, -0.25) is 0 Å². The quantitative estimate of drug-likeness (QED) is 0.839. The molecular weight excluding hydrogens is 368 g/mol. The minimum absolute atomic E-state index is 0.0320. The van der Waals surface area contributed by atoms with Crippen LogP contribution in [0.5, 0.6) is 0 Å². The van der Waals surface area contributed by atoms with Gasteiger partial charge in [-0.05, 0) is 17.2 Å². The van der Waals surface area contributed by atoms with Crippen LogP contribution in [-0.2, 0) is 16.9 Å². The Hall–Kier alpha value is -1.95. The predicted octanol–water partition coefficient (Wildman–Crippen LogP) is 4.61. The number of alkyl halides is 2. The van der Waals surface area contributed by atoms with Crippen LogP contribution in [0.4, 0.5) is 13.6 Å². The fraction of sp³-hybridized carbons (Fsp3) is 0.235. The number of ether oxygens (including phenoxy) is 1. The van der Waals surface area contributed by atoms with Gasteiger partial charge in [0.15, 0.2) is 0 Å². The van der Waals surface area contributed by atoms with Crippen LogP contribution in [0.1, 0.15) is 17.5 Å². The van der Waals surface area contributed by atoms with E-state index in [2.05, 4.69) is 21.2 Å². The lowest BCUT2D eigenvalue weighted by Crippen LogP contribution is -2.39. The highest BCUT2D eigenvalue weighted by atomic mass is 79.9. The molecule has 1 aliphatic rings. The second kappa shape index (κ2) is 5.92. The standard InChI is InChI=1S/C17H14BrF2NO2/c18-14-9-5-4-8-13(14)16(11-17(16,19)20)21-15(22)23-10-12-6-2-1-3-7-12/h1-9H,10-11H2,(H,21,22). The molecular formula is C17H14BrF2NO2. The van der Waals surface area contributed by atoms with Crippen molar-refractivity contribution in [1.82, 2.24) is 5.32 Å². The van der Waals surface area contributed by atoms with Crippen LogP contribution in [0.2, 0.25) is 0 Å². The number of benzene rings is 2. The Balaban J connectivity index is 1.72. The van der Waals surface area contributed by atoms with Gasteiger partial charge >= 0.3 is 6.09 Å². The lowest BCUT2D eigenvalue weighted by molar-refractivity contribution is 0.0700. The summed E-state index contributed by atoms with van der Waals surface area (Å²) in [7, 11) is 0. The van der Waals surface area contributed by atoms with Crippen molar-refractivity contribution < 1.29 is 18.3 Å². The summed E-state index contributed by atoms with van der Waals surface area (Å²) in [6, 6.07) is 15.7. The highest BCUT2D eigenvalue weighted by Crippen LogP contribution is 2.60. The Labute approximate surface area is 140 Å². The molecule has 0 bridgehead atoms. The third-order valence-corrected chi connectivity index (χ3v) is 4.54. The molecule has 1 N–H and O–H groups in total. The van der Waals surface area contributed by atoms with E-state index in [0.717, 1.165) is 5.56 Å². The van der Waals surface area contributed by atoms with Crippen molar-refractivity contribution in [3.63, 3.8) is 0 Å². The van der Waals surface area contributed by atoms with E-state index in [9.17, 15) is 13.6 Å². The van der Waals surface area contributed by atoms with Crippen molar-refractivity contribution in [2.24, 2.45) is 0 Å². The minimum atomic E-state index is -3.00. The Bertz CT molecular complexity index is 724. The number of hydrogen-bond acceptors (Lipinski definition) is 2. The number of nitrogens with one attached hydrogen (secondary N) is 1. The van der Waals surface area contributed by atoms with E-state index in [1.54, 1.807) is 36.4 Å². The van der Waals surface area contributed by atoms with E-state index < -0.39 is 24.0 Å². The molecule has 0 aromatic heterocycles. The van der Waals surface area contributed by atoms with Gasteiger partial charge in [0.25, 0.3) is 5.92 Å². The molecule has 6 heteroatoms. The molecule has 1 fully saturated rings. The van der Waals surface area contributed by atoms with Crippen LogP contribution in [0.25, 0.3) is 0 Å². The molecule has 3 rings (SSSR count). The van der Waals surface area contributed by atoms with Crippen molar-refractivity contribution in [1.29, 1.82) is 0 Å². The van der Waals surface area contributed by atoms with E-state index in [4.69, 9.17) is 4.74 Å². The number of amides is 1. The molecule has 120 valence electrons. The van der Waals surface area contributed by atoms with Gasteiger partial charge in [0.1, 0.15) is 12.1 Å². The third-order valence-electron chi connectivity index (χ3n) is 3.85. The van der Waals surface area contributed by atoms with Gasteiger partial charge in [-0.1, -0.05) is 64.5 Å². The van der Waals surface area contributed by atoms with Crippen molar-refractivity contribution in [3.8, 4) is 0 Å². The molecule has 1 atom stereocenters.